The van der Waals surface area contributed by atoms with E-state index in [2.05, 4.69) is 15.7 Å². The number of benzene rings is 1. The molecule has 0 radical (unpaired) electrons. The lowest BCUT2D eigenvalue weighted by Gasteiger charge is -2.13. The summed E-state index contributed by atoms with van der Waals surface area (Å²) in [4.78, 5) is 24.3. The van der Waals surface area contributed by atoms with E-state index >= 15 is 0 Å². The molecule has 1 aromatic heterocycles. The van der Waals surface area contributed by atoms with Gasteiger partial charge in [0.05, 0.1) is 23.7 Å². The number of amides is 2. The van der Waals surface area contributed by atoms with E-state index in [1.165, 1.54) is 38.4 Å². The predicted octanol–water partition coefficient (Wildman–Crippen LogP) is 0.278. The van der Waals surface area contributed by atoms with Crippen LogP contribution in [0.4, 0.5) is 0 Å². The van der Waals surface area contributed by atoms with E-state index in [-0.39, 0.29) is 29.0 Å². The molecular weight excluding hydrogens is 370 g/mol. The van der Waals surface area contributed by atoms with Crippen LogP contribution >= 0.6 is 0 Å². The molecule has 2 N–H and O–H groups in total. The fourth-order valence-corrected chi connectivity index (χ4v) is 3.26. The van der Waals surface area contributed by atoms with Crippen molar-refractivity contribution in [1.29, 1.82) is 0 Å². The van der Waals surface area contributed by atoms with Crippen molar-refractivity contribution in [2.75, 3.05) is 20.6 Å². The van der Waals surface area contributed by atoms with Gasteiger partial charge in [-0.1, -0.05) is 6.07 Å². The summed E-state index contributed by atoms with van der Waals surface area (Å²) in [5.74, 6) is -0.897. The Bertz CT molecular complexity index is 936. The van der Waals surface area contributed by atoms with Crippen molar-refractivity contribution in [3.05, 3.63) is 47.8 Å². The highest BCUT2D eigenvalue weighted by Gasteiger charge is 2.19. The van der Waals surface area contributed by atoms with Crippen molar-refractivity contribution in [2.45, 2.75) is 17.9 Å². The predicted molar refractivity (Wildman–Crippen MR) is 99.4 cm³/mol. The second kappa shape index (κ2) is 8.31. The number of aryl methyl sites for hydroxylation is 1. The number of hydrogen-bond donors (Lipinski definition) is 2. The van der Waals surface area contributed by atoms with Crippen molar-refractivity contribution in [3.63, 3.8) is 0 Å². The molecule has 0 spiro atoms. The third kappa shape index (κ3) is 5.14. The second-order valence-corrected chi connectivity index (χ2v) is 8.39. The van der Waals surface area contributed by atoms with Gasteiger partial charge >= 0.3 is 0 Å². The highest BCUT2D eigenvalue weighted by Crippen LogP contribution is 2.15. The van der Waals surface area contributed by atoms with E-state index in [0.717, 1.165) is 9.87 Å². The van der Waals surface area contributed by atoms with E-state index in [0.29, 0.717) is 0 Å². The van der Waals surface area contributed by atoms with Crippen LogP contribution in [0.3, 0.4) is 0 Å². The molecule has 0 bridgehead atoms. The molecule has 2 amide bonds. The zero-order chi connectivity index (χ0) is 20.2. The maximum absolute atomic E-state index is 12.2. The smallest absolute Gasteiger partial charge is 0.251 e. The Balaban J connectivity index is 1.96. The molecule has 0 aliphatic rings. The summed E-state index contributed by atoms with van der Waals surface area (Å²) in [5, 5.41) is 9.29. The molecule has 9 nitrogen and oxygen atoms in total. The maximum atomic E-state index is 12.2. The van der Waals surface area contributed by atoms with Gasteiger partial charge < -0.3 is 10.6 Å². The van der Waals surface area contributed by atoms with Gasteiger partial charge in [-0.25, -0.2) is 12.7 Å². The third-order valence-electron chi connectivity index (χ3n) is 3.89. The molecule has 0 fully saturated rings. The van der Waals surface area contributed by atoms with Gasteiger partial charge in [-0.05, 0) is 25.1 Å². The number of carbonyl (C=O) groups is 2. The number of hydrogen-bond acceptors (Lipinski definition) is 5. The molecule has 1 heterocycles. The number of nitrogens with zero attached hydrogens (tertiary/aromatic N) is 3. The van der Waals surface area contributed by atoms with Gasteiger partial charge in [0.15, 0.2) is 0 Å². The molecule has 0 saturated carbocycles. The minimum atomic E-state index is -3.64. The van der Waals surface area contributed by atoms with E-state index in [1.807, 2.05) is 6.92 Å². The molecule has 146 valence electrons. The van der Waals surface area contributed by atoms with Gasteiger partial charge in [0, 0.05) is 38.5 Å². The Hall–Kier alpha value is -2.72. The number of carbonyl (C=O) groups excluding carboxylic acids is 2. The molecule has 0 saturated heterocycles. The molecule has 1 unspecified atom stereocenters. The van der Waals surface area contributed by atoms with E-state index in [1.54, 1.807) is 24.1 Å². The fourth-order valence-electron chi connectivity index (χ4n) is 2.31. The molecule has 2 aromatic rings. The Labute approximate surface area is 158 Å². The Morgan fingerprint density at radius 2 is 2.00 bits per heavy atom. The standard InChI is InChI=1S/C17H23N5O4S/c1-12(14-9-19-22(4)11-14)20-16(23)10-18-17(24)13-6-5-7-15(8-13)27(25,26)21(2)3/h5-9,11-12H,10H2,1-4H3,(H,18,24)(H,20,23). The van der Waals surface area contributed by atoms with E-state index in [9.17, 15) is 18.0 Å². The number of nitrogens with one attached hydrogen (secondary N) is 2. The average Bonchev–Trinajstić information content (AvgIpc) is 3.06. The average molecular weight is 393 g/mol. The summed E-state index contributed by atoms with van der Waals surface area (Å²) < 4.78 is 27.0. The first kappa shape index (κ1) is 20.6. The highest BCUT2D eigenvalue weighted by atomic mass is 32.2. The Morgan fingerprint density at radius 3 is 2.59 bits per heavy atom. The van der Waals surface area contributed by atoms with Gasteiger partial charge in [-0.3, -0.25) is 14.3 Å². The minimum Gasteiger partial charge on any atom is -0.348 e. The zero-order valence-corrected chi connectivity index (χ0v) is 16.4. The molecule has 2 rings (SSSR count). The van der Waals surface area contributed by atoms with Crippen molar-refractivity contribution in [1.82, 2.24) is 24.7 Å². The van der Waals surface area contributed by atoms with Gasteiger partial charge in [0.2, 0.25) is 15.9 Å². The lowest BCUT2D eigenvalue weighted by Crippen LogP contribution is -2.38. The normalized spacial score (nSPS) is 12.6. The molecule has 1 aromatic carbocycles. The van der Waals surface area contributed by atoms with E-state index < -0.39 is 15.9 Å². The Morgan fingerprint density at radius 1 is 1.30 bits per heavy atom. The number of rotatable bonds is 7. The van der Waals surface area contributed by atoms with Crippen LogP contribution in [0, 0.1) is 0 Å². The van der Waals surface area contributed by atoms with Crippen molar-refractivity contribution in [2.24, 2.45) is 7.05 Å². The first-order chi connectivity index (χ1) is 12.6. The van der Waals surface area contributed by atoms with Crippen LogP contribution in [0.25, 0.3) is 0 Å². The third-order valence-corrected chi connectivity index (χ3v) is 5.70. The van der Waals surface area contributed by atoms with Gasteiger partial charge in [-0.2, -0.15) is 5.10 Å². The number of sulfonamides is 1. The minimum absolute atomic E-state index is 0.00908. The second-order valence-electron chi connectivity index (χ2n) is 6.23. The first-order valence-corrected chi connectivity index (χ1v) is 9.64. The largest absolute Gasteiger partial charge is 0.348 e. The van der Waals surface area contributed by atoms with Gasteiger partial charge in [-0.15, -0.1) is 0 Å². The molecule has 0 aliphatic heterocycles. The molecular formula is C17H23N5O4S. The fraction of sp³-hybridized carbons (Fsp3) is 0.353. The van der Waals surface area contributed by atoms with Crippen LogP contribution in [-0.4, -0.2) is 55.0 Å². The molecule has 1 atom stereocenters. The molecule has 10 heteroatoms. The van der Waals surface area contributed by atoms with Crippen LogP contribution in [0.1, 0.15) is 28.9 Å². The van der Waals surface area contributed by atoms with Crippen LogP contribution in [0.5, 0.6) is 0 Å². The summed E-state index contributed by atoms with van der Waals surface area (Å²) in [6, 6.07) is 5.40. The van der Waals surface area contributed by atoms with Crippen molar-refractivity contribution in [3.8, 4) is 0 Å². The molecule has 0 aliphatic carbocycles. The topological polar surface area (TPSA) is 113 Å². The van der Waals surface area contributed by atoms with Gasteiger partial charge in [0.25, 0.3) is 5.91 Å². The van der Waals surface area contributed by atoms with Crippen LogP contribution in [0.15, 0.2) is 41.6 Å². The summed E-state index contributed by atoms with van der Waals surface area (Å²) in [5.41, 5.74) is 1.00. The maximum Gasteiger partial charge on any atom is 0.251 e. The quantitative estimate of drug-likeness (QED) is 0.701. The summed E-state index contributed by atoms with van der Waals surface area (Å²) in [7, 11) is 0.963. The SMILES string of the molecule is CC(NC(=O)CNC(=O)c1cccc(S(=O)(=O)N(C)C)c1)c1cnn(C)c1. The summed E-state index contributed by atoms with van der Waals surface area (Å²) in [6.07, 6.45) is 3.44. The van der Waals surface area contributed by atoms with Crippen LogP contribution < -0.4 is 10.6 Å². The van der Waals surface area contributed by atoms with Crippen LogP contribution in [0.2, 0.25) is 0 Å². The van der Waals surface area contributed by atoms with Gasteiger partial charge in [0.1, 0.15) is 0 Å². The summed E-state index contributed by atoms with van der Waals surface area (Å²) in [6.45, 7) is 1.58. The van der Waals surface area contributed by atoms with Crippen LogP contribution in [-0.2, 0) is 21.9 Å². The highest BCUT2D eigenvalue weighted by molar-refractivity contribution is 7.89. The zero-order valence-electron chi connectivity index (χ0n) is 15.6. The van der Waals surface area contributed by atoms with Crippen molar-refractivity contribution >= 4 is 21.8 Å². The lowest BCUT2D eigenvalue weighted by molar-refractivity contribution is -0.120. The monoisotopic (exact) mass is 393 g/mol. The first-order valence-electron chi connectivity index (χ1n) is 8.20. The Kier molecular flexibility index (Phi) is 6.34. The summed E-state index contributed by atoms with van der Waals surface area (Å²) >= 11 is 0. The van der Waals surface area contributed by atoms with Crippen molar-refractivity contribution < 1.29 is 18.0 Å². The molecule has 27 heavy (non-hydrogen) atoms. The lowest BCUT2D eigenvalue weighted by atomic mass is 10.2. The number of aromatic nitrogens is 2. The van der Waals surface area contributed by atoms with E-state index in [4.69, 9.17) is 0 Å².